The fraction of sp³-hybridized carbons (Fsp3) is 0.333. The molecule has 4 nitrogen and oxygen atoms in total. The van der Waals surface area contributed by atoms with Crippen molar-refractivity contribution in [3.8, 4) is 0 Å². The molecule has 1 unspecified atom stereocenters. The van der Waals surface area contributed by atoms with E-state index in [-0.39, 0.29) is 18.4 Å². The van der Waals surface area contributed by atoms with E-state index < -0.39 is 5.97 Å². The first kappa shape index (κ1) is 10.7. The van der Waals surface area contributed by atoms with Crippen LogP contribution in [0.1, 0.15) is 23.2 Å². The number of amides is 1. The Morgan fingerprint density at radius 2 is 2.00 bits per heavy atom. The fourth-order valence-corrected chi connectivity index (χ4v) is 1.87. The molecule has 1 aromatic rings. The van der Waals surface area contributed by atoms with Gasteiger partial charge in [0, 0.05) is 18.2 Å². The molecule has 0 aliphatic carbocycles. The van der Waals surface area contributed by atoms with Crippen LogP contribution in [0.4, 0.5) is 0 Å². The summed E-state index contributed by atoms with van der Waals surface area (Å²) in [5.41, 5.74) is 0.623. The Labute approximate surface area is 93.5 Å². The van der Waals surface area contributed by atoms with Gasteiger partial charge in [0.25, 0.3) is 5.91 Å². The monoisotopic (exact) mass is 219 g/mol. The lowest BCUT2D eigenvalue weighted by atomic mass is 9.98. The lowest BCUT2D eigenvalue weighted by molar-refractivity contribution is -0.139. The van der Waals surface area contributed by atoms with E-state index in [9.17, 15) is 9.59 Å². The second-order valence-corrected chi connectivity index (χ2v) is 3.90. The van der Waals surface area contributed by atoms with Gasteiger partial charge in [-0.1, -0.05) is 18.2 Å². The van der Waals surface area contributed by atoms with Crippen LogP contribution in [0.25, 0.3) is 0 Å². The first-order valence-corrected chi connectivity index (χ1v) is 5.26. The van der Waals surface area contributed by atoms with Crippen LogP contribution in [-0.2, 0) is 4.79 Å². The standard InChI is InChI=1S/C12H13NO3/c14-11(15)8-10-6-7-13(10)12(16)9-4-2-1-3-5-9/h1-5,10H,6-8H2,(H,14,15). The third kappa shape index (κ3) is 2.05. The number of nitrogens with zero attached hydrogens (tertiary/aromatic N) is 1. The number of carboxylic acids is 1. The number of likely N-dealkylation sites (tertiary alicyclic amines) is 1. The molecule has 84 valence electrons. The molecular weight excluding hydrogens is 206 g/mol. The smallest absolute Gasteiger partial charge is 0.305 e. The summed E-state index contributed by atoms with van der Waals surface area (Å²) in [4.78, 5) is 24.1. The topological polar surface area (TPSA) is 57.6 Å². The van der Waals surface area contributed by atoms with Crippen LogP contribution in [0.15, 0.2) is 30.3 Å². The highest BCUT2D eigenvalue weighted by Crippen LogP contribution is 2.22. The van der Waals surface area contributed by atoms with Crippen LogP contribution in [0.5, 0.6) is 0 Å². The van der Waals surface area contributed by atoms with Crippen LogP contribution in [0, 0.1) is 0 Å². The van der Waals surface area contributed by atoms with Crippen LogP contribution in [0.3, 0.4) is 0 Å². The predicted molar refractivity (Wildman–Crippen MR) is 58.1 cm³/mol. The first-order chi connectivity index (χ1) is 7.68. The van der Waals surface area contributed by atoms with Crippen LogP contribution in [0.2, 0.25) is 0 Å². The van der Waals surface area contributed by atoms with Crippen molar-refractivity contribution in [1.29, 1.82) is 0 Å². The van der Waals surface area contributed by atoms with Gasteiger partial charge in [0.05, 0.1) is 6.42 Å². The summed E-state index contributed by atoms with van der Waals surface area (Å²) in [7, 11) is 0. The second-order valence-electron chi connectivity index (χ2n) is 3.90. The van der Waals surface area contributed by atoms with Gasteiger partial charge in [0.15, 0.2) is 0 Å². The Morgan fingerprint density at radius 3 is 2.50 bits per heavy atom. The van der Waals surface area contributed by atoms with Gasteiger partial charge in [-0.2, -0.15) is 0 Å². The number of rotatable bonds is 3. The molecule has 1 atom stereocenters. The van der Waals surface area contributed by atoms with E-state index in [1.807, 2.05) is 6.07 Å². The van der Waals surface area contributed by atoms with E-state index in [4.69, 9.17) is 5.11 Å². The molecular formula is C12H13NO3. The quantitative estimate of drug-likeness (QED) is 0.835. The molecule has 0 spiro atoms. The van der Waals surface area contributed by atoms with Gasteiger partial charge in [0.1, 0.15) is 0 Å². The van der Waals surface area contributed by atoms with E-state index in [0.29, 0.717) is 12.1 Å². The molecule has 1 aliphatic rings. The van der Waals surface area contributed by atoms with Crippen LogP contribution >= 0.6 is 0 Å². The Kier molecular flexibility index (Phi) is 2.90. The third-order valence-electron chi connectivity index (χ3n) is 2.84. The maximum absolute atomic E-state index is 12.0. The average molecular weight is 219 g/mol. The second kappa shape index (κ2) is 4.35. The number of aliphatic carboxylic acids is 1. The Hall–Kier alpha value is -1.84. The van der Waals surface area contributed by atoms with E-state index >= 15 is 0 Å². The molecule has 16 heavy (non-hydrogen) atoms. The molecule has 1 aromatic carbocycles. The van der Waals surface area contributed by atoms with Gasteiger partial charge >= 0.3 is 5.97 Å². The van der Waals surface area contributed by atoms with Crippen molar-refractivity contribution >= 4 is 11.9 Å². The minimum absolute atomic E-state index is 0.0403. The molecule has 1 fully saturated rings. The Morgan fingerprint density at radius 1 is 1.31 bits per heavy atom. The third-order valence-corrected chi connectivity index (χ3v) is 2.84. The molecule has 0 radical (unpaired) electrons. The number of carbonyl (C=O) groups is 2. The molecule has 0 bridgehead atoms. The maximum Gasteiger partial charge on any atom is 0.305 e. The van der Waals surface area contributed by atoms with Crippen molar-refractivity contribution in [1.82, 2.24) is 4.90 Å². The van der Waals surface area contributed by atoms with Crippen molar-refractivity contribution in [3.63, 3.8) is 0 Å². The van der Waals surface area contributed by atoms with Gasteiger partial charge in [-0.15, -0.1) is 0 Å². The van der Waals surface area contributed by atoms with Crippen molar-refractivity contribution < 1.29 is 14.7 Å². The lowest BCUT2D eigenvalue weighted by Gasteiger charge is -2.40. The number of benzene rings is 1. The molecule has 2 rings (SSSR count). The van der Waals surface area contributed by atoms with Crippen molar-refractivity contribution in [3.05, 3.63) is 35.9 Å². The molecule has 1 heterocycles. The highest BCUT2D eigenvalue weighted by atomic mass is 16.4. The molecule has 1 N–H and O–H groups in total. The van der Waals surface area contributed by atoms with E-state index in [1.54, 1.807) is 29.2 Å². The minimum Gasteiger partial charge on any atom is -0.481 e. The molecule has 0 aromatic heterocycles. The maximum atomic E-state index is 12.0. The van der Waals surface area contributed by atoms with Gasteiger partial charge in [-0.05, 0) is 18.6 Å². The highest BCUT2D eigenvalue weighted by molar-refractivity contribution is 5.95. The summed E-state index contributed by atoms with van der Waals surface area (Å²) < 4.78 is 0. The van der Waals surface area contributed by atoms with Gasteiger partial charge in [0.2, 0.25) is 0 Å². The zero-order valence-corrected chi connectivity index (χ0v) is 8.80. The molecule has 1 saturated heterocycles. The van der Waals surface area contributed by atoms with E-state index in [2.05, 4.69) is 0 Å². The zero-order chi connectivity index (χ0) is 11.5. The summed E-state index contributed by atoms with van der Waals surface area (Å²) in [6, 6.07) is 8.82. The zero-order valence-electron chi connectivity index (χ0n) is 8.80. The normalized spacial score (nSPS) is 19.0. The number of carbonyl (C=O) groups excluding carboxylic acids is 1. The van der Waals surface area contributed by atoms with Crippen molar-refractivity contribution in [2.45, 2.75) is 18.9 Å². The first-order valence-electron chi connectivity index (χ1n) is 5.26. The average Bonchev–Trinajstić information content (AvgIpc) is 2.25. The summed E-state index contributed by atoms with van der Waals surface area (Å²) in [5, 5.41) is 8.68. The molecule has 1 amide bonds. The van der Waals surface area contributed by atoms with Crippen LogP contribution < -0.4 is 0 Å². The summed E-state index contributed by atoms with van der Waals surface area (Å²) >= 11 is 0. The van der Waals surface area contributed by atoms with Gasteiger partial charge in [-0.3, -0.25) is 9.59 Å². The minimum atomic E-state index is -0.851. The van der Waals surface area contributed by atoms with E-state index in [1.165, 1.54) is 0 Å². The largest absolute Gasteiger partial charge is 0.481 e. The summed E-state index contributed by atoms with van der Waals surface area (Å²) in [6.45, 7) is 0.658. The number of hydrogen-bond acceptors (Lipinski definition) is 2. The number of hydrogen-bond donors (Lipinski definition) is 1. The predicted octanol–water partition coefficient (Wildman–Crippen LogP) is 1.38. The van der Waals surface area contributed by atoms with Crippen LogP contribution in [-0.4, -0.2) is 34.5 Å². The summed E-state index contributed by atoms with van der Waals surface area (Å²) in [6.07, 6.45) is 0.823. The van der Waals surface area contributed by atoms with Gasteiger partial charge in [-0.25, -0.2) is 0 Å². The molecule has 1 aliphatic heterocycles. The summed E-state index contributed by atoms with van der Waals surface area (Å²) in [5.74, 6) is -0.923. The molecule has 0 saturated carbocycles. The lowest BCUT2D eigenvalue weighted by Crippen LogP contribution is -2.51. The van der Waals surface area contributed by atoms with E-state index in [0.717, 1.165) is 6.42 Å². The molecule has 4 heteroatoms. The SMILES string of the molecule is O=C(O)CC1CCN1C(=O)c1ccccc1. The van der Waals surface area contributed by atoms with Crippen molar-refractivity contribution in [2.24, 2.45) is 0 Å². The van der Waals surface area contributed by atoms with Crippen molar-refractivity contribution in [2.75, 3.05) is 6.54 Å². The highest BCUT2D eigenvalue weighted by Gasteiger charge is 2.33. The Balaban J connectivity index is 2.04. The van der Waals surface area contributed by atoms with Gasteiger partial charge < -0.3 is 10.0 Å². The fourth-order valence-electron chi connectivity index (χ4n) is 1.87. The Bertz CT molecular complexity index is 402. The number of carboxylic acid groups (broad SMARTS) is 1.